The summed E-state index contributed by atoms with van der Waals surface area (Å²) in [5.41, 5.74) is -2.50. The smallest absolute Gasteiger partial charge is 0.376 e. The molecule has 1 aromatic heterocycles. The van der Waals surface area contributed by atoms with Crippen LogP contribution in [0.2, 0.25) is 0 Å². The van der Waals surface area contributed by atoms with Gasteiger partial charge in [-0.2, -0.15) is 17.5 Å². The van der Waals surface area contributed by atoms with E-state index in [1.807, 2.05) is 0 Å². The third-order valence-electron chi connectivity index (χ3n) is 6.60. The number of rotatable bonds is 8. The number of hydrogen-bond acceptors (Lipinski definition) is 6. The quantitative estimate of drug-likeness (QED) is 0.541. The van der Waals surface area contributed by atoms with E-state index in [9.17, 15) is 26.7 Å². The zero-order valence-electron chi connectivity index (χ0n) is 20.7. The zero-order valence-corrected chi connectivity index (χ0v) is 22.3. The van der Waals surface area contributed by atoms with Crippen LogP contribution < -0.4 is 4.90 Å². The van der Waals surface area contributed by atoms with E-state index in [-0.39, 0.29) is 36.8 Å². The van der Waals surface area contributed by atoms with Gasteiger partial charge in [-0.3, -0.25) is 4.90 Å². The molecule has 1 aromatic carbocycles. The molecule has 35 heavy (non-hydrogen) atoms. The fourth-order valence-electron chi connectivity index (χ4n) is 4.48. The molecule has 1 N–H and O–H groups in total. The summed E-state index contributed by atoms with van der Waals surface area (Å²) >= 11 is 1.18. The minimum absolute atomic E-state index is 0.211. The summed E-state index contributed by atoms with van der Waals surface area (Å²) in [6, 6.07) is 9.27. The molecule has 1 fully saturated rings. The van der Waals surface area contributed by atoms with Gasteiger partial charge in [0.2, 0.25) is 0 Å². The van der Waals surface area contributed by atoms with Crippen LogP contribution in [0.5, 0.6) is 0 Å². The molecule has 6 nitrogen and oxygen atoms in total. The fraction of sp³-hybridized carbons (Fsp3) is 0.583. The Bertz CT molecular complexity index is 1060. The number of aliphatic hydroxyl groups is 1. The van der Waals surface area contributed by atoms with Gasteiger partial charge in [-0.1, -0.05) is 18.2 Å². The van der Waals surface area contributed by atoms with E-state index in [2.05, 4.69) is 37.5 Å². The maximum absolute atomic E-state index is 13.3. The molecule has 0 saturated carbocycles. The van der Waals surface area contributed by atoms with Crippen molar-refractivity contribution in [3.8, 4) is 0 Å². The van der Waals surface area contributed by atoms with E-state index in [0.29, 0.717) is 23.0 Å². The van der Waals surface area contributed by atoms with E-state index in [4.69, 9.17) is 0 Å². The molecule has 0 amide bonds. The van der Waals surface area contributed by atoms with E-state index >= 15 is 0 Å². The van der Waals surface area contributed by atoms with Crippen LogP contribution >= 0.6 is 11.3 Å². The number of benzene rings is 1. The highest BCUT2D eigenvalue weighted by Crippen LogP contribution is 2.39. The molecule has 11 heteroatoms. The third kappa shape index (κ3) is 5.85. The first-order valence-corrected chi connectivity index (χ1v) is 13.9. The molecule has 1 saturated heterocycles. The molecule has 2 heterocycles. The van der Waals surface area contributed by atoms with Crippen molar-refractivity contribution in [1.82, 2.24) is 9.21 Å². The van der Waals surface area contributed by atoms with Gasteiger partial charge in [0.25, 0.3) is 10.0 Å². The lowest BCUT2D eigenvalue weighted by molar-refractivity contribution is -0.258. The van der Waals surface area contributed by atoms with E-state index < -0.39 is 21.8 Å². The number of hydrogen-bond donors (Lipinski definition) is 1. The summed E-state index contributed by atoms with van der Waals surface area (Å²) in [5.74, 6) is 0. The predicted molar refractivity (Wildman–Crippen MR) is 133 cm³/mol. The van der Waals surface area contributed by atoms with Crippen LogP contribution in [0.15, 0.2) is 46.0 Å². The number of alkyl halides is 3. The second kappa shape index (κ2) is 10.4. The molecule has 1 aliphatic rings. The first kappa shape index (κ1) is 27.9. The average Bonchev–Trinajstić information content (AvgIpc) is 3.32. The normalized spacial score (nSPS) is 20.1. The lowest BCUT2D eigenvalue weighted by atomic mass is 9.95. The summed E-state index contributed by atoms with van der Waals surface area (Å²) in [6.45, 7) is 10.6. The molecule has 0 radical (unpaired) electrons. The monoisotopic (exact) mass is 533 g/mol. The van der Waals surface area contributed by atoms with Crippen LogP contribution in [0.1, 0.15) is 40.2 Å². The Labute approximate surface area is 210 Å². The molecule has 0 spiro atoms. The van der Waals surface area contributed by atoms with Crippen molar-refractivity contribution in [3.63, 3.8) is 0 Å². The van der Waals surface area contributed by atoms with Gasteiger partial charge in [-0.05, 0) is 63.8 Å². The van der Waals surface area contributed by atoms with Gasteiger partial charge in [-0.15, -0.1) is 11.3 Å². The summed E-state index contributed by atoms with van der Waals surface area (Å²) in [7, 11) is -3.63. The number of halogens is 3. The van der Waals surface area contributed by atoms with Gasteiger partial charge >= 0.3 is 6.18 Å². The molecule has 2 atom stereocenters. The number of piperazine rings is 1. The minimum Gasteiger partial charge on any atom is -0.376 e. The van der Waals surface area contributed by atoms with Gasteiger partial charge in [0.05, 0.1) is 6.04 Å². The maximum atomic E-state index is 13.3. The molecule has 196 valence electrons. The summed E-state index contributed by atoms with van der Waals surface area (Å²) < 4.78 is 68.0. The van der Waals surface area contributed by atoms with Crippen LogP contribution in [-0.4, -0.2) is 73.2 Å². The van der Waals surface area contributed by atoms with E-state index in [1.165, 1.54) is 27.8 Å². The van der Waals surface area contributed by atoms with Crippen LogP contribution in [0, 0.1) is 0 Å². The number of thiophene rings is 1. The third-order valence-corrected chi connectivity index (χ3v) is 9.83. The van der Waals surface area contributed by atoms with Crippen molar-refractivity contribution in [3.05, 3.63) is 47.3 Å². The fourth-order valence-corrected chi connectivity index (χ4v) is 7.09. The largest absolute Gasteiger partial charge is 0.421 e. The lowest BCUT2D eigenvalue weighted by Gasteiger charge is -2.45. The molecule has 1 aliphatic heterocycles. The van der Waals surface area contributed by atoms with Crippen molar-refractivity contribution < 1.29 is 26.7 Å². The Balaban J connectivity index is 1.92. The van der Waals surface area contributed by atoms with Gasteiger partial charge in [0.15, 0.2) is 5.60 Å². The summed E-state index contributed by atoms with van der Waals surface area (Å²) in [6.07, 6.45) is -4.80. The van der Waals surface area contributed by atoms with Crippen molar-refractivity contribution in [2.24, 2.45) is 0 Å². The molecule has 0 aliphatic carbocycles. The van der Waals surface area contributed by atoms with Gasteiger partial charge in [0.1, 0.15) is 4.21 Å². The molecular formula is C24H34F3N3O3S2. The highest BCUT2D eigenvalue weighted by atomic mass is 32.2. The number of nitrogens with zero attached hydrogens (tertiary/aromatic N) is 3. The minimum atomic E-state index is -4.80. The van der Waals surface area contributed by atoms with E-state index in [0.717, 1.165) is 6.92 Å². The predicted octanol–water partition coefficient (Wildman–Crippen LogP) is 4.52. The van der Waals surface area contributed by atoms with Gasteiger partial charge in [-0.25, -0.2) is 8.42 Å². The number of sulfonamides is 1. The van der Waals surface area contributed by atoms with Crippen LogP contribution in [0.25, 0.3) is 0 Å². The Morgan fingerprint density at radius 3 is 2.17 bits per heavy atom. The first-order valence-electron chi connectivity index (χ1n) is 11.6. The van der Waals surface area contributed by atoms with Crippen molar-refractivity contribution in [2.75, 3.05) is 31.1 Å². The van der Waals surface area contributed by atoms with Crippen LogP contribution in [0.3, 0.4) is 0 Å². The Morgan fingerprint density at radius 2 is 1.69 bits per heavy atom. The average molecular weight is 534 g/mol. The second-order valence-electron chi connectivity index (χ2n) is 9.64. The van der Waals surface area contributed by atoms with Crippen molar-refractivity contribution in [1.29, 1.82) is 0 Å². The molecule has 0 unspecified atom stereocenters. The molecule has 3 rings (SSSR count). The van der Waals surface area contributed by atoms with Gasteiger partial charge < -0.3 is 10.0 Å². The topological polar surface area (TPSA) is 64.1 Å². The standard InChI is InChI=1S/C24H34F3N3O3S2/c1-17(2)30(18(3)4)16-21-15-28(35(32,33)22-7-6-14-34-22)12-13-29(21)20-10-8-19(9-11-20)23(5,31)24(25,26)27/h6-11,14,17-18,21,31H,12-13,15-16H2,1-5H3/t21-,23+/m1/s1. The number of anilines is 1. The highest BCUT2D eigenvalue weighted by Gasteiger charge is 2.51. The molecule has 0 bridgehead atoms. The van der Waals surface area contributed by atoms with Gasteiger partial charge in [0, 0.05) is 44.0 Å². The summed E-state index contributed by atoms with van der Waals surface area (Å²) in [4.78, 5) is 4.34. The Morgan fingerprint density at radius 1 is 1.09 bits per heavy atom. The van der Waals surface area contributed by atoms with Crippen LogP contribution in [0.4, 0.5) is 18.9 Å². The van der Waals surface area contributed by atoms with E-state index in [1.54, 1.807) is 29.6 Å². The Hall–Kier alpha value is -1.66. The SMILES string of the molecule is CC(C)N(C[C@H]1CN(S(=O)(=O)c2cccs2)CCN1c1ccc([C@](C)(O)C(F)(F)F)cc1)C(C)C. The van der Waals surface area contributed by atoms with Crippen molar-refractivity contribution in [2.45, 2.75) is 68.7 Å². The lowest BCUT2D eigenvalue weighted by Crippen LogP contribution is -2.59. The molecular weight excluding hydrogens is 499 g/mol. The maximum Gasteiger partial charge on any atom is 0.421 e. The second-order valence-corrected chi connectivity index (χ2v) is 12.8. The first-order chi connectivity index (χ1) is 16.2. The summed E-state index contributed by atoms with van der Waals surface area (Å²) in [5, 5.41) is 11.7. The van der Waals surface area contributed by atoms with Crippen molar-refractivity contribution >= 4 is 27.0 Å². The van der Waals surface area contributed by atoms with Crippen LogP contribution in [-0.2, 0) is 15.6 Å². The zero-order chi connectivity index (χ0) is 26.2. The molecule has 2 aromatic rings. The highest BCUT2D eigenvalue weighted by molar-refractivity contribution is 7.91. The Kier molecular flexibility index (Phi) is 8.27.